The number of carbonyl (C=O) groups excluding carboxylic acids is 1. The van der Waals surface area contributed by atoms with Gasteiger partial charge in [-0.3, -0.25) is 15.2 Å². The summed E-state index contributed by atoms with van der Waals surface area (Å²) in [4.78, 5) is 25.1. The van der Waals surface area contributed by atoms with Crippen LogP contribution < -0.4 is 21.5 Å². The second-order valence-electron chi connectivity index (χ2n) is 10.6. The Hall–Kier alpha value is -3.23. The van der Waals surface area contributed by atoms with Gasteiger partial charge in [-0.15, -0.1) is 0 Å². The number of benzene rings is 1. The van der Waals surface area contributed by atoms with Gasteiger partial charge >= 0.3 is 0 Å². The van der Waals surface area contributed by atoms with Gasteiger partial charge in [-0.2, -0.15) is 0 Å². The van der Waals surface area contributed by atoms with E-state index in [0.717, 1.165) is 60.2 Å². The lowest BCUT2D eigenvalue weighted by molar-refractivity contribution is -0.140. The van der Waals surface area contributed by atoms with Crippen molar-refractivity contribution < 1.29 is 4.79 Å². The van der Waals surface area contributed by atoms with E-state index >= 15 is 0 Å². The molecule has 1 aromatic carbocycles. The number of amides is 1. The second-order valence-corrected chi connectivity index (χ2v) is 10.6. The number of piperidine rings is 2. The number of nitrogens with zero attached hydrogens (tertiary/aromatic N) is 3. The molecule has 3 saturated heterocycles. The molecule has 3 aliphatic rings. The van der Waals surface area contributed by atoms with E-state index in [4.69, 9.17) is 4.98 Å². The van der Waals surface area contributed by atoms with E-state index in [1.807, 2.05) is 48.7 Å². The van der Waals surface area contributed by atoms with Crippen molar-refractivity contribution in [3.05, 3.63) is 60.3 Å². The number of hydrazine groups is 1. The van der Waals surface area contributed by atoms with Crippen molar-refractivity contribution in [2.24, 2.45) is 0 Å². The van der Waals surface area contributed by atoms with E-state index in [1.165, 1.54) is 6.42 Å². The zero-order chi connectivity index (χ0) is 24.5. The molecule has 36 heavy (non-hydrogen) atoms. The van der Waals surface area contributed by atoms with Gasteiger partial charge in [0.2, 0.25) is 5.91 Å². The number of nitrogens with one attached hydrogen (secondary N) is 4. The van der Waals surface area contributed by atoms with Gasteiger partial charge in [0, 0.05) is 41.8 Å². The number of hydrogen-bond donors (Lipinski definition) is 4. The van der Waals surface area contributed by atoms with Gasteiger partial charge in [0.1, 0.15) is 11.6 Å². The molecule has 0 saturated carbocycles. The highest BCUT2D eigenvalue weighted by Crippen LogP contribution is 2.36. The van der Waals surface area contributed by atoms with Crippen LogP contribution in [0.4, 0.5) is 11.6 Å². The third-order valence-corrected chi connectivity index (χ3v) is 7.82. The van der Waals surface area contributed by atoms with Crippen LogP contribution in [0.25, 0.3) is 10.9 Å². The molecule has 8 heteroatoms. The second kappa shape index (κ2) is 10.0. The van der Waals surface area contributed by atoms with E-state index in [9.17, 15) is 4.79 Å². The lowest BCUT2D eigenvalue weighted by atomic mass is 9.81. The Bertz CT molecular complexity index is 1210. The number of anilines is 2. The quantitative estimate of drug-likeness (QED) is 0.422. The van der Waals surface area contributed by atoms with Crippen LogP contribution in [0.1, 0.15) is 51.0 Å². The molecule has 5 atom stereocenters. The zero-order valence-electron chi connectivity index (χ0n) is 20.8. The molecule has 2 bridgehead atoms. The minimum atomic E-state index is 0.125. The average Bonchev–Trinajstić information content (AvgIpc) is 3.28. The minimum Gasteiger partial charge on any atom is -0.367 e. The summed E-state index contributed by atoms with van der Waals surface area (Å²) in [5, 5.41) is 8.31. The summed E-state index contributed by atoms with van der Waals surface area (Å²) in [5.41, 5.74) is 8.55. The van der Waals surface area contributed by atoms with Gasteiger partial charge in [-0.05, 0) is 63.1 Å². The highest BCUT2D eigenvalue weighted by atomic mass is 16.2. The summed E-state index contributed by atoms with van der Waals surface area (Å²) < 4.78 is 0. The van der Waals surface area contributed by atoms with E-state index in [0.29, 0.717) is 12.5 Å². The molecule has 2 aromatic heterocycles. The van der Waals surface area contributed by atoms with E-state index < -0.39 is 0 Å². The standard InChI is InChI=1S/C28H35N7O/c1-18-13-26(34-33-18)31-25-17-24-23(11-6-12-29-24)28(32-25)30-20-15-21-9-5-10-22(16-20)35(21)27(36)14-19-7-3-2-4-8-19/h2-4,6-8,11-12,17-18,20-22,26,33-34H,5,9-10,13-16H2,1H3,(H2,30,31,32)/t18?,20?,21-,22+,26?. The lowest BCUT2D eigenvalue weighted by Crippen LogP contribution is -2.57. The zero-order valence-corrected chi connectivity index (χ0v) is 20.8. The highest BCUT2D eigenvalue weighted by molar-refractivity contribution is 5.91. The molecular weight excluding hydrogens is 450 g/mol. The average molecular weight is 486 g/mol. The molecular formula is C28H35N7O. The molecule has 4 N–H and O–H groups in total. The predicted octanol–water partition coefficient (Wildman–Crippen LogP) is 3.82. The predicted molar refractivity (Wildman–Crippen MR) is 142 cm³/mol. The van der Waals surface area contributed by atoms with E-state index in [2.05, 4.69) is 44.4 Å². The first-order chi connectivity index (χ1) is 17.6. The molecule has 1 amide bonds. The van der Waals surface area contributed by atoms with Crippen molar-refractivity contribution in [3.8, 4) is 0 Å². The van der Waals surface area contributed by atoms with Crippen LogP contribution in [0.3, 0.4) is 0 Å². The van der Waals surface area contributed by atoms with Crippen LogP contribution in [0.5, 0.6) is 0 Å². The molecule has 0 spiro atoms. The van der Waals surface area contributed by atoms with E-state index in [-0.39, 0.29) is 30.2 Å². The summed E-state index contributed by atoms with van der Waals surface area (Å²) in [7, 11) is 0. The van der Waals surface area contributed by atoms with Crippen LogP contribution in [-0.4, -0.2) is 51.1 Å². The third-order valence-electron chi connectivity index (χ3n) is 7.82. The molecule has 3 aromatic rings. The van der Waals surface area contributed by atoms with Crippen molar-refractivity contribution >= 4 is 28.4 Å². The molecule has 0 radical (unpaired) electrons. The van der Waals surface area contributed by atoms with Crippen LogP contribution in [-0.2, 0) is 11.2 Å². The van der Waals surface area contributed by atoms with Crippen LogP contribution in [0.15, 0.2) is 54.7 Å². The Morgan fingerprint density at radius 2 is 1.83 bits per heavy atom. The fourth-order valence-corrected chi connectivity index (χ4v) is 6.21. The first kappa shape index (κ1) is 23.2. The van der Waals surface area contributed by atoms with Gasteiger partial charge in [-0.1, -0.05) is 30.3 Å². The molecule has 0 aliphatic carbocycles. The maximum absolute atomic E-state index is 13.3. The number of carbonyl (C=O) groups is 1. The maximum atomic E-state index is 13.3. The summed E-state index contributed by atoms with van der Waals surface area (Å²) in [6.07, 6.45) is 8.66. The Kier molecular flexibility index (Phi) is 6.46. The van der Waals surface area contributed by atoms with Gasteiger partial charge in [0.05, 0.1) is 18.1 Å². The highest BCUT2D eigenvalue weighted by Gasteiger charge is 2.40. The molecule has 6 rings (SSSR count). The number of rotatable bonds is 6. The first-order valence-corrected chi connectivity index (χ1v) is 13.3. The Morgan fingerprint density at radius 1 is 1.03 bits per heavy atom. The van der Waals surface area contributed by atoms with Crippen LogP contribution in [0.2, 0.25) is 0 Å². The van der Waals surface area contributed by atoms with Gasteiger partial charge in [0.25, 0.3) is 0 Å². The Labute approximate surface area is 212 Å². The van der Waals surface area contributed by atoms with Crippen LogP contribution in [0, 0.1) is 0 Å². The molecule has 5 heterocycles. The molecule has 3 aliphatic heterocycles. The fraction of sp³-hybridized carbons (Fsp3) is 0.464. The van der Waals surface area contributed by atoms with Gasteiger partial charge in [-0.25, -0.2) is 10.4 Å². The van der Waals surface area contributed by atoms with Crippen molar-refractivity contribution in [1.82, 2.24) is 25.7 Å². The number of hydrogen-bond acceptors (Lipinski definition) is 7. The maximum Gasteiger partial charge on any atom is 0.227 e. The summed E-state index contributed by atoms with van der Waals surface area (Å²) in [6.45, 7) is 2.16. The van der Waals surface area contributed by atoms with Gasteiger partial charge < -0.3 is 15.5 Å². The molecule has 188 valence electrons. The van der Waals surface area contributed by atoms with Crippen LogP contribution >= 0.6 is 0 Å². The normalized spacial score (nSPS) is 27.7. The number of aromatic nitrogens is 2. The summed E-state index contributed by atoms with van der Waals surface area (Å²) >= 11 is 0. The lowest BCUT2D eigenvalue weighted by Gasteiger charge is -2.49. The number of fused-ring (bicyclic) bond motifs is 3. The Balaban J connectivity index is 1.19. The van der Waals surface area contributed by atoms with E-state index in [1.54, 1.807) is 0 Å². The first-order valence-electron chi connectivity index (χ1n) is 13.3. The van der Waals surface area contributed by atoms with Crippen molar-refractivity contribution in [2.45, 2.75) is 82.2 Å². The SMILES string of the molecule is CC1CC(Nc2cc3ncccc3c(NC3C[C@H]4CCC[C@@H](C3)N4C(=O)Cc3ccccc3)n2)NN1. The topological polar surface area (TPSA) is 94.2 Å². The summed E-state index contributed by atoms with van der Waals surface area (Å²) in [6, 6.07) is 17.4. The monoisotopic (exact) mass is 485 g/mol. The Morgan fingerprint density at radius 3 is 2.58 bits per heavy atom. The van der Waals surface area contributed by atoms with Crippen molar-refractivity contribution in [1.29, 1.82) is 0 Å². The smallest absolute Gasteiger partial charge is 0.227 e. The third kappa shape index (κ3) is 4.88. The number of pyridine rings is 2. The van der Waals surface area contributed by atoms with Crippen molar-refractivity contribution in [3.63, 3.8) is 0 Å². The summed E-state index contributed by atoms with van der Waals surface area (Å²) in [5.74, 6) is 1.95. The van der Waals surface area contributed by atoms with Crippen molar-refractivity contribution in [2.75, 3.05) is 10.6 Å². The minimum absolute atomic E-state index is 0.125. The largest absolute Gasteiger partial charge is 0.367 e. The fourth-order valence-electron chi connectivity index (χ4n) is 6.21. The molecule has 8 nitrogen and oxygen atoms in total. The molecule has 3 unspecified atom stereocenters. The molecule has 3 fully saturated rings. The van der Waals surface area contributed by atoms with Gasteiger partial charge in [0.15, 0.2) is 0 Å².